The zero-order chi connectivity index (χ0) is 22.4. The molecule has 0 bridgehead atoms. The van der Waals surface area contributed by atoms with E-state index in [2.05, 4.69) is 37.0 Å². The second kappa shape index (κ2) is 7.97. The Hall–Kier alpha value is -3.78. The topological polar surface area (TPSA) is 93.2 Å². The molecule has 1 aliphatic heterocycles. The fourth-order valence-electron chi connectivity index (χ4n) is 4.70. The third-order valence-corrected chi connectivity index (χ3v) is 6.57. The first-order valence-corrected chi connectivity index (χ1v) is 11.4. The lowest BCUT2D eigenvalue weighted by atomic mass is 10.0. The van der Waals surface area contributed by atoms with Gasteiger partial charge in [-0.3, -0.25) is 14.7 Å². The number of nitrogens with two attached hydrogens (primary N) is 1. The molecule has 0 spiro atoms. The lowest BCUT2D eigenvalue weighted by Gasteiger charge is -2.36. The van der Waals surface area contributed by atoms with Gasteiger partial charge in [-0.25, -0.2) is 0 Å². The summed E-state index contributed by atoms with van der Waals surface area (Å²) in [6.07, 6.45) is 4.34. The smallest absolute Gasteiger partial charge is 0.282 e. The molecular weight excluding hydrogens is 414 g/mol. The molecule has 0 atom stereocenters. The van der Waals surface area contributed by atoms with Crippen molar-refractivity contribution in [1.82, 2.24) is 24.6 Å². The number of rotatable bonds is 4. The molecule has 2 aromatic heterocycles. The number of benzene rings is 2. The number of piperazine rings is 1. The van der Waals surface area contributed by atoms with Crippen molar-refractivity contribution in [3.05, 3.63) is 66.4 Å². The Morgan fingerprint density at radius 3 is 2.39 bits per heavy atom. The van der Waals surface area contributed by atoms with E-state index in [1.165, 1.54) is 23.2 Å². The van der Waals surface area contributed by atoms with E-state index in [-0.39, 0.29) is 11.9 Å². The van der Waals surface area contributed by atoms with E-state index in [9.17, 15) is 4.79 Å². The molecule has 166 valence electrons. The van der Waals surface area contributed by atoms with Gasteiger partial charge in [0.15, 0.2) is 0 Å². The van der Waals surface area contributed by atoms with Gasteiger partial charge in [0.1, 0.15) is 5.69 Å². The molecule has 6 rings (SSSR count). The number of anilines is 2. The van der Waals surface area contributed by atoms with Crippen molar-refractivity contribution in [2.45, 2.75) is 18.9 Å². The van der Waals surface area contributed by atoms with Gasteiger partial charge in [-0.2, -0.15) is 9.67 Å². The minimum atomic E-state index is -0.302. The highest BCUT2D eigenvalue weighted by atomic mass is 16.2. The summed E-state index contributed by atoms with van der Waals surface area (Å²) in [5.41, 5.74) is 8.37. The summed E-state index contributed by atoms with van der Waals surface area (Å²) in [5, 5.41) is 6.31. The van der Waals surface area contributed by atoms with Crippen LogP contribution in [-0.2, 0) is 0 Å². The van der Waals surface area contributed by atoms with Gasteiger partial charge in [-0.05, 0) is 42.5 Å². The first-order valence-electron chi connectivity index (χ1n) is 11.4. The normalized spacial score (nSPS) is 16.9. The molecule has 4 aromatic rings. The average Bonchev–Trinajstić information content (AvgIpc) is 3.65. The van der Waals surface area contributed by atoms with Gasteiger partial charge in [0.25, 0.3) is 5.91 Å². The van der Waals surface area contributed by atoms with E-state index >= 15 is 0 Å². The molecule has 33 heavy (non-hydrogen) atoms. The summed E-state index contributed by atoms with van der Waals surface area (Å²) in [7, 11) is 0. The van der Waals surface area contributed by atoms with Crippen LogP contribution < -0.4 is 10.6 Å². The number of fused-ring (bicyclic) bond motifs is 1. The maximum absolute atomic E-state index is 13.5. The second-order valence-electron chi connectivity index (χ2n) is 8.66. The Morgan fingerprint density at radius 2 is 1.67 bits per heavy atom. The van der Waals surface area contributed by atoms with Gasteiger partial charge in [-0.15, -0.1) is 5.10 Å². The fraction of sp³-hybridized carbons (Fsp3) is 0.280. The first kappa shape index (κ1) is 19.9. The number of aromatic nitrogens is 4. The van der Waals surface area contributed by atoms with Crippen LogP contribution in [0.2, 0.25) is 0 Å². The molecule has 2 aliphatic rings. The number of hydrogen-bond donors (Lipinski definition) is 1. The number of carbonyl (C=O) groups excluding carboxylic acids is 1. The van der Waals surface area contributed by atoms with E-state index in [0.29, 0.717) is 17.1 Å². The lowest BCUT2D eigenvalue weighted by molar-refractivity contribution is 0.0949. The minimum Gasteiger partial charge on any atom is -0.368 e. The van der Waals surface area contributed by atoms with Gasteiger partial charge in [0.2, 0.25) is 11.8 Å². The molecule has 2 aromatic carbocycles. The van der Waals surface area contributed by atoms with Crippen molar-refractivity contribution in [3.8, 4) is 11.5 Å². The van der Waals surface area contributed by atoms with Crippen LogP contribution in [0.3, 0.4) is 0 Å². The SMILES string of the molecule is Nc1nc(-c2ccccn2)nn1C(=O)c1ccc(N2CCN(C3CC3)CC2)c2ccccc12. The zero-order valence-electron chi connectivity index (χ0n) is 18.3. The average molecular weight is 440 g/mol. The highest BCUT2D eigenvalue weighted by molar-refractivity contribution is 6.11. The number of carbonyl (C=O) groups is 1. The van der Waals surface area contributed by atoms with E-state index in [0.717, 1.165) is 43.0 Å². The molecule has 8 nitrogen and oxygen atoms in total. The van der Waals surface area contributed by atoms with Crippen molar-refractivity contribution in [1.29, 1.82) is 0 Å². The van der Waals surface area contributed by atoms with E-state index in [1.807, 2.05) is 36.4 Å². The monoisotopic (exact) mass is 439 g/mol. The van der Waals surface area contributed by atoms with Crippen molar-refractivity contribution in [3.63, 3.8) is 0 Å². The van der Waals surface area contributed by atoms with Crippen molar-refractivity contribution in [2.75, 3.05) is 36.8 Å². The van der Waals surface area contributed by atoms with Gasteiger partial charge in [-0.1, -0.05) is 30.3 Å². The van der Waals surface area contributed by atoms with Crippen LogP contribution in [0.4, 0.5) is 11.6 Å². The Kier molecular flexibility index (Phi) is 4.80. The predicted molar refractivity (Wildman–Crippen MR) is 128 cm³/mol. The van der Waals surface area contributed by atoms with Gasteiger partial charge >= 0.3 is 0 Å². The van der Waals surface area contributed by atoms with Crippen molar-refractivity contribution in [2.24, 2.45) is 0 Å². The Balaban J connectivity index is 1.34. The summed E-state index contributed by atoms with van der Waals surface area (Å²) in [5.74, 6) is 0.0735. The standard InChI is InChI=1S/C25H25N7O/c26-25-28-23(21-7-3-4-12-27-21)29-32(25)24(33)20-10-11-22(19-6-2-1-5-18(19)20)31-15-13-30(14-16-31)17-8-9-17/h1-7,10-12,17H,8-9,13-16H2,(H2,26,28,29). The number of nitrogen functional groups attached to an aromatic ring is 1. The van der Waals surface area contributed by atoms with Gasteiger partial charge in [0.05, 0.1) is 0 Å². The third kappa shape index (κ3) is 3.62. The molecule has 1 saturated heterocycles. The first-order chi connectivity index (χ1) is 16.2. The molecule has 0 unspecified atom stereocenters. The maximum atomic E-state index is 13.5. The summed E-state index contributed by atoms with van der Waals surface area (Å²) in [6.45, 7) is 4.17. The largest absolute Gasteiger partial charge is 0.368 e. The van der Waals surface area contributed by atoms with Crippen LogP contribution in [-0.4, -0.2) is 62.8 Å². The Bertz CT molecular complexity index is 1320. The maximum Gasteiger partial charge on any atom is 0.282 e. The zero-order valence-corrected chi connectivity index (χ0v) is 18.3. The molecule has 0 amide bonds. The van der Waals surface area contributed by atoms with Crippen LogP contribution in [0.15, 0.2) is 60.8 Å². The lowest BCUT2D eigenvalue weighted by Crippen LogP contribution is -2.47. The third-order valence-electron chi connectivity index (χ3n) is 6.57. The summed E-state index contributed by atoms with van der Waals surface area (Å²) >= 11 is 0. The van der Waals surface area contributed by atoms with Gasteiger partial charge < -0.3 is 10.6 Å². The summed E-state index contributed by atoms with van der Waals surface area (Å²) in [6, 6.07) is 18.2. The van der Waals surface area contributed by atoms with Crippen molar-refractivity contribution >= 4 is 28.3 Å². The van der Waals surface area contributed by atoms with E-state index in [1.54, 1.807) is 12.3 Å². The molecule has 8 heteroatoms. The van der Waals surface area contributed by atoms with Gasteiger partial charge in [0, 0.05) is 55.1 Å². The highest BCUT2D eigenvalue weighted by Crippen LogP contribution is 2.33. The molecule has 3 heterocycles. The second-order valence-corrected chi connectivity index (χ2v) is 8.66. The number of pyridine rings is 1. The molecular formula is C25H25N7O. The Labute approximate surface area is 191 Å². The van der Waals surface area contributed by atoms with E-state index in [4.69, 9.17) is 5.73 Å². The van der Waals surface area contributed by atoms with Crippen LogP contribution in [0.1, 0.15) is 23.2 Å². The van der Waals surface area contributed by atoms with E-state index < -0.39 is 0 Å². The quantitative estimate of drug-likeness (QED) is 0.522. The molecule has 2 fully saturated rings. The molecule has 1 aliphatic carbocycles. The predicted octanol–water partition coefficient (Wildman–Crippen LogP) is 3.05. The summed E-state index contributed by atoms with van der Waals surface area (Å²) in [4.78, 5) is 27.0. The van der Waals surface area contributed by atoms with Crippen LogP contribution in [0.25, 0.3) is 22.3 Å². The minimum absolute atomic E-state index is 0.0463. The highest BCUT2D eigenvalue weighted by Gasteiger charge is 2.31. The Morgan fingerprint density at radius 1 is 0.909 bits per heavy atom. The fourth-order valence-corrected chi connectivity index (χ4v) is 4.70. The van der Waals surface area contributed by atoms with Crippen LogP contribution in [0.5, 0.6) is 0 Å². The summed E-state index contributed by atoms with van der Waals surface area (Å²) < 4.78 is 1.17. The molecule has 1 saturated carbocycles. The number of nitrogens with zero attached hydrogens (tertiary/aromatic N) is 6. The molecule has 2 N–H and O–H groups in total. The van der Waals surface area contributed by atoms with Crippen LogP contribution >= 0.6 is 0 Å². The number of hydrogen-bond acceptors (Lipinski definition) is 7. The van der Waals surface area contributed by atoms with Crippen molar-refractivity contribution < 1.29 is 4.79 Å². The van der Waals surface area contributed by atoms with Crippen LogP contribution in [0, 0.1) is 0 Å². The molecule has 0 radical (unpaired) electrons.